The fraction of sp³-hybridized carbons (Fsp3) is 0.0526. The molecule has 0 radical (unpaired) electrons. The molecule has 0 N–H and O–H groups in total. The van der Waals surface area contributed by atoms with Crippen LogP contribution < -0.4 is 15.7 Å². The maximum Gasteiger partial charge on any atom is 0.296 e. The Hall–Kier alpha value is -3.43. The fourth-order valence-corrected chi connectivity index (χ4v) is 3.82. The third-order valence-corrected chi connectivity index (χ3v) is 5.50. The van der Waals surface area contributed by atoms with Crippen molar-refractivity contribution in [2.45, 2.75) is 6.42 Å². The Bertz CT molecular complexity index is 1410. The Labute approximate surface area is 171 Å². The van der Waals surface area contributed by atoms with Gasteiger partial charge in [0.1, 0.15) is 5.69 Å². The zero-order valence-electron chi connectivity index (χ0n) is 14.6. The van der Waals surface area contributed by atoms with Crippen LogP contribution in [-0.2, 0) is 6.42 Å². The number of halogens is 1. The van der Waals surface area contributed by atoms with Gasteiger partial charge >= 0.3 is 0 Å². The average Bonchev–Trinajstić information content (AvgIpc) is 2.99. The van der Waals surface area contributed by atoms with E-state index in [2.05, 4.69) is 10.1 Å². The molecule has 10 heteroatoms. The summed E-state index contributed by atoms with van der Waals surface area (Å²) in [6.07, 6.45) is 1.73. The van der Waals surface area contributed by atoms with Crippen molar-refractivity contribution in [3.8, 4) is 0 Å². The first-order valence-electron chi connectivity index (χ1n) is 8.35. The van der Waals surface area contributed by atoms with E-state index in [1.54, 1.807) is 30.3 Å². The lowest BCUT2D eigenvalue weighted by atomic mass is 10.1. The molecule has 2 aromatic carbocycles. The van der Waals surface area contributed by atoms with Gasteiger partial charge in [0, 0.05) is 23.6 Å². The molecule has 0 aliphatic carbocycles. The lowest BCUT2D eigenvalue weighted by molar-refractivity contribution is -0.384. The Morgan fingerprint density at radius 1 is 1.14 bits per heavy atom. The number of thiazole rings is 1. The summed E-state index contributed by atoms with van der Waals surface area (Å²) in [6, 6.07) is 12.8. The van der Waals surface area contributed by atoms with Crippen LogP contribution in [0.2, 0.25) is 5.02 Å². The van der Waals surface area contributed by atoms with Crippen molar-refractivity contribution < 1.29 is 4.92 Å². The van der Waals surface area contributed by atoms with E-state index in [1.165, 1.54) is 24.3 Å². The molecule has 0 saturated heterocycles. The first-order valence-corrected chi connectivity index (χ1v) is 9.54. The van der Waals surface area contributed by atoms with Crippen LogP contribution in [0.5, 0.6) is 0 Å². The quantitative estimate of drug-likeness (QED) is 0.365. The highest BCUT2D eigenvalue weighted by Gasteiger charge is 2.13. The molecule has 4 aromatic rings. The number of hydrogen-bond donors (Lipinski definition) is 0. The summed E-state index contributed by atoms with van der Waals surface area (Å²) < 4.78 is 1.41. The van der Waals surface area contributed by atoms with Crippen molar-refractivity contribution >= 4 is 39.7 Å². The summed E-state index contributed by atoms with van der Waals surface area (Å²) in [5, 5.41) is 15.4. The van der Waals surface area contributed by atoms with Gasteiger partial charge in [0.2, 0.25) is 4.96 Å². The number of nitro benzene ring substituents is 1. The smallest absolute Gasteiger partial charge is 0.266 e. The zero-order chi connectivity index (χ0) is 20.5. The highest BCUT2D eigenvalue weighted by molar-refractivity contribution is 7.15. The topological polar surface area (TPSA) is 107 Å². The van der Waals surface area contributed by atoms with Crippen molar-refractivity contribution in [2.75, 3.05) is 0 Å². The summed E-state index contributed by atoms with van der Waals surface area (Å²) in [7, 11) is 0. The molecule has 0 saturated carbocycles. The molecule has 0 aliphatic rings. The molecular weight excluding hydrogens is 416 g/mol. The van der Waals surface area contributed by atoms with Gasteiger partial charge in [-0.1, -0.05) is 41.1 Å². The predicted molar refractivity (Wildman–Crippen MR) is 110 cm³/mol. The zero-order valence-corrected chi connectivity index (χ0v) is 16.2. The van der Waals surface area contributed by atoms with Gasteiger partial charge in [-0.15, -0.1) is 0 Å². The van der Waals surface area contributed by atoms with Crippen molar-refractivity contribution in [1.82, 2.24) is 14.6 Å². The van der Waals surface area contributed by atoms with Gasteiger partial charge in [-0.25, -0.2) is 0 Å². The molecule has 2 heterocycles. The number of nitrogens with zero attached hydrogens (tertiary/aromatic N) is 4. The second-order valence-electron chi connectivity index (χ2n) is 6.09. The van der Waals surface area contributed by atoms with E-state index in [0.29, 0.717) is 20.7 Å². The van der Waals surface area contributed by atoms with Gasteiger partial charge in [-0.3, -0.25) is 19.7 Å². The monoisotopic (exact) mass is 426 g/mol. The van der Waals surface area contributed by atoms with Gasteiger partial charge in [0.15, 0.2) is 0 Å². The number of non-ortho nitro benzene ring substituents is 1. The molecule has 0 bridgehead atoms. The minimum atomic E-state index is -0.520. The molecule has 144 valence electrons. The maximum atomic E-state index is 12.7. The number of nitro groups is 1. The summed E-state index contributed by atoms with van der Waals surface area (Å²) >= 11 is 7.16. The minimum absolute atomic E-state index is 0.0428. The van der Waals surface area contributed by atoms with Crippen LogP contribution in [0, 0.1) is 10.1 Å². The van der Waals surface area contributed by atoms with E-state index < -0.39 is 16.0 Å². The van der Waals surface area contributed by atoms with Crippen LogP contribution >= 0.6 is 22.9 Å². The van der Waals surface area contributed by atoms with E-state index >= 15 is 0 Å². The number of benzene rings is 2. The normalized spacial score (nSPS) is 11.8. The van der Waals surface area contributed by atoms with Gasteiger partial charge in [0.05, 0.1) is 9.46 Å². The summed E-state index contributed by atoms with van der Waals surface area (Å²) in [4.78, 5) is 39.4. The van der Waals surface area contributed by atoms with Crippen molar-refractivity contribution in [3.05, 3.63) is 106 Å². The molecule has 0 unspecified atom stereocenters. The molecular formula is C19H11ClN4O4S. The highest BCUT2D eigenvalue weighted by atomic mass is 35.5. The number of aromatic nitrogens is 3. The van der Waals surface area contributed by atoms with Gasteiger partial charge < -0.3 is 0 Å². The second-order valence-corrected chi connectivity index (χ2v) is 7.51. The summed E-state index contributed by atoms with van der Waals surface area (Å²) in [5.74, 6) is 0. The van der Waals surface area contributed by atoms with Gasteiger partial charge in [-0.2, -0.15) is 14.6 Å². The molecule has 4 rings (SSSR count). The van der Waals surface area contributed by atoms with E-state index in [9.17, 15) is 19.7 Å². The number of rotatable bonds is 4. The standard InChI is InChI=1S/C19H11ClN4O4S/c20-14-4-2-1-3-12(14)10-15-17(25)21-19-23(22-15)18(26)16(29-19)9-11-5-7-13(8-6-11)24(27)28/h1-9H,10H2/b16-9-. The Morgan fingerprint density at radius 3 is 2.55 bits per heavy atom. The second kappa shape index (κ2) is 7.53. The largest absolute Gasteiger partial charge is 0.296 e. The van der Waals surface area contributed by atoms with Crippen LogP contribution in [0.25, 0.3) is 11.0 Å². The van der Waals surface area contributed by atoms with E-state index in [0.717, 1.165) is 15.9 Å². The highest BCUT2D eigenvalue weighted by Crippen LogP contribution is 2.17. The van der Waals surface area contributed by atoms with Crippen LogP contribution in [0.4, 0.5) is 5.69 Å². The van der Waals surface area contributed by atoms with E-state index in [1.807, 2.05) is 0 Å². The van der Waals surface area contributed by atoms with Gasteiger partial charge in [0.25, 0.3) is 16.8 Å². The first-order chi connectivity index (χ1) is 13.9. The average molecular weight is 427 g/mol. The molecule has 8 nitrogen and oxygen atoms in total. The third kappa shape index (κ3) is 3.78. The Balaban J connectivity index is 1.78. The third-order valence-electron chi connectivity index (χ3n) is 4.17. The number of hydrogen-bond acceptors (Lipinski definition) is 7. The molecule has 29 heavy (non-hydrogen) atoms. The maximum absolute atomic E-state index is 12.7. The molecule has 0 amide bonds. The SMILES string of the molecule is O=c1nc2s/c(=C\c3ccc([N+](=O)[O-])cc3)c(=O)n2nc1Cc1ccccc1Cl. The molecule has 0 fully saturated rings. The molecule has 0 spiro atoms. The van der Waals surface area contributed by atoms with Crippen molar-refractivity contribution in [1.29, 1.82) is 0 Å². The van der Waals surface area contributed by atoms with Crippen LogP contribution in [0.15, 0.2) is 58.1 Å². The predicted octanol–water partition coefficient (Wildman–Crippen LogP) is 2.21. The van der Waals surface area contributed by atoms with Crippen molar-refractivity contribution in [2.24, 2.45) is 0 Å². The number of fused-ring (bicyclic) bond motifs is 1. The molecule has 0 aliphatic heterocycles. The Kier molecular flexibility index (Phi) is 4.91. The van der Waals surface area contributed by atoms with Crippen LogP contribution in [0.1, 0.15) is 16.8 Å². The molecule has 0 atom stereocenters. The van der Waals surface area contributed by atoms with Crippen molar-refractivity contribution in [3.63, 3.8) is 0 Å². The van der Waals surface area contributed by atoms with E-state index in [4.69, 9.17) is 11.6 Å². The molecule has 2 aromatic heterocycles. The van der Waals surface area contributed by atoms with Crippen LogP contribution in [0.3, 0.4) is 0 Å². The first kappa shape index (κ1) is 18.9. The summed E-state index contributed by atoms with van der Waals surface area (Å²) in [5.41, 5.74) is 0.454. The Morgan fingerprint density at radius 2 is 1.86 bits per heavy atom. The minimum Gasteiger partial charge on any atom is -0.266 e. The lowest BCUT2D eigenvalue weighted by Gasteiger charge is -2.02. The van der Waals surface area contributed by atoms with E-state index in [-0.39, 0.29) is 22.8 Å². The summed E-state index contributed by atoms with van der Waals surface area (Å²) in [6.45, 7) is 0. The lowest BCUT2D eigenvalue weighted by Crippen LogP contribution is -2.28. The van der Waals surface area contributed by atoms with Gasteiger partial charge in [-0.05, 0) is 35.4 Å². The fourth-order valence-electron chi connectivity index (χ4n) is 2.72. The van der Waals surface area contributed by atoms with Crippen LogP contribution in [-0.4, -0.2) is 19.5 Å².